The van der Waals surface area contributed by atoms with Gasteiger partial charge < -0.3 is 21.1 Å². The van der Waals surface area contributed by atoms with Crippen LogP contribution in [0.1, 0.15) is 51.5 Å². The van der Waals surface area contributed by atoms with Gasteiger partial charge in [-0.1, -0.05) is 38.8 Å². The Morgan fingerprint density at radius 1 is 1.30 bits per heavy atom. The highest BCUT2D eigenvalue weighted by atomic mass is 16.5. The molecule has 4 N–H and O–H groups in total. The molecule has 27 heavy (non-hydrogen) atoms. The van der Waals surface area contributed by atoms with E-state index in [1.54, 1.807) is 7.05 Å². The fourth-order valence-electron chi connectivity index (χ4n) is 4.02. The van der Waals surface area contributed by atoms with E-state index in [-0.39, 0.29) is 6.61 Å². The van der Waals surface area contributed by atoms with Crippen molar-refractivity contribution >= 4 is 11.9 Å². The second-order valence-electron chi connectivity index (χ2n) is 7.99. The SMILES string of the molecule is CN=C(NCc1cccc(OCC(N)=O)c1)NCC1(CC(C)C)CCCC1. The molecule has 0 aromatic heterocycles. The van der Waals surface area contributed by atoms with Crippen molar-refractivity contribution in [3.63, 3.8) is 0 Å². The van der Waals surface area contributed by atoms with Crippen LogP contribution in [0.15, 0.2) is 29.3 Å². The lowest BCUT2D eigenvalue weighted by Crippen LogP contribution is -2.43. The Kier molecular flexibility index (Phi) is 7.95. The van der Waals surface area contributed by atoms with Gasteiger partial charge in [-0.3, -0.25) is 9.79 Å². The number of rotatable bonds is 9. The summed E-state index contributed by atoms with van der Waals surface area (Å²) in [5.74, 6) is 1.68. The second-order valence-corrected chi connectivity index (χ2v) is 7.99. The highest BCUT2D eigenvalue weighted by molar-refractivity contribution is 5.79. The number of ether oxygens (including phenoxy) is 1. The Balaban J connectivity index is 1.86. The van der Waals surface area contributed by atoms with Crippen molar-refractivity contribution in [3.05, 3.63) is 29.8 Å². The van der Waals surface area contributed by atoms with Gasteiger partial charge in [0.05, 0.1) is 0 Å². The van der Waals surface area contributed by atoms with E-state index < -0.39 is 5.91 Å². The van der Waals surface area contributed by atoms with E-state index >= 15 is 0 Å². The quantitative estimate of drug-likeness (QED) is 0.458. The molecule has 0 aliphatic heterocycles. The van der Waals surface area contributed by atoms with E-state index in [1.807, 2.05) is 24.3 Å². The molecule has 150 valence electrons. The number of nitrogens with two attached hydrogens (primary N) is 1. The Bertz CT molecular complexity index is 637. The summed E-state index contributed by atoms with van der Waals surface area (Å²) in [5.41, 5.74) is 6.57. The number of primary amides is 1. The molecule has 0 bridgehead atoms. The largest absolute Gasteiger partial charge is 0.484 e. The minimum absolute atomic E-state index is 0.113. The zero-order valence-electron chi connectivity index (χ0n) is 16.9. The first-order valence-electron chi connectivity index (χ1n) is 9.87. The molecule has 1 fully saturated rings. The smallest absolute Gasteiger partial charge is 0.255 e. The van der Waals surface area contributed by atoms with E-state index in [1.165, 1.54) is 32.1 Å². The molecule has 6 heteroatoms. The molecule has 0 radical (unpaired) electrons. The molecule has 1 saturated carbocycles. The number of hydrogen-bond acceptors (Lipinski definition) is 3. The Morgan fingerprint density at radius 3 is 2.67 bits per heavy atom. The maximum Gasteiger partial charge on any atom is 0.255 e. The van der Waals surface area contributed by atoms with Crippen molar-refractivity contribution in [2.45, 2.75) is 52.5 Å². The van der Waals surface area contributed by atoms with E-state index in [0.29, 0.717) is 23.6 Å². The van der Waals surface area contributed by atoms with E-state index in [2.05, 4.69) is 29.5 Å². The Hall–Kier alpha value is -2.24. The minimum atomic E-state index is -0.481. The average Bonchev–Trinajstić information content (AvgIpc) is 3.08. The fraction of sp³-hybridized carbons (Fsp3) is 0.619. The van der Waals surface area contributed by atoms with Gasteiger partial charge in [0.2, 0.25) is 0 Å². The summed E-state index contributed by atoms with van der Waals surface area (Å²) in [4.78, 5) is 15.2. The first-order valence-corrected chi connectivity index (χ1v) is 9.87. The fourth-order valence-corrected chi connectivity index (χ4v) is 4.02. The molecule has 0 heterocycles. The van der Waals surface area contributed by atoms with E-state index in [0.717, 1.165) is 18.1 Å². The van der Waals surface area contributed by atoms with Gasteiger partial charge in [-0.25, -0.2) is 0 Å². The third-order valence-corrected chi connectivity index (χ3v) is 5.10. The molecular formula is C21H34N4O2. The first kappa shape index (κ1) is 21.1. The standard InChI is InChI=1S/C21H34N4O2/c1-16(2)12-21(9-4-5-10-21)15-25-20(23-3)24-13-17-7-6-8-18(11-17)27-14-19(22)26/h6-8,11,16H,4-5,9-10,12-15H2,1-3H3,(H2,22,26)(H2,23,24,25). The summed E-state index contributed by atoms with van der Waals surface area (Å²) in [6.07, 6.45) is 6.52. The number of nitrogens with one attached hydrogen (secondary N) is 2. The zero-order chi connectivity index (χ0) is 19.7. The maximum absolute atomic E-state index is 10.8. The van der Waals surface area contributed by atoms with Crippen molar-refractivity contribution in [1.82, 2.24) is 10.6 Å². The molecular weight excluding hydrogens is 340 g/mol. The molecule has 1 amide bonds. The summed E-state index contributed by atoms with van der Waals surface area (Å²) >= 11 is 0. The molecule has 1 aromatic carbocycles. The summed E-state index contributed by atoms with van der Waals surface area (Å²) in [5, 5.41) is 6.89. The lowest BCUT2D eigenvalue weighted by molar-refractivity contribution is -0.119. The van der Waals surface area contributed by atoms with Crippen LogP contribution in [0.3, 0.4) is 0 Å². The van der Waals surface area contributed by atoms with Gasteiger partial charge in [-0.15, -0.1) is 0 Å². The molecule has 0 unspecified atom stereocenters. The van der Waals surface area contributed by atoms with Crippen LogP contribution in [0.25, 0.3) is 0 Å². The Labute approximate surface area is 163 Å². The highest BCUT2D eigenvalue weighted by Crippen LogP contribution is 2.42. The second kappa shape index (κ2) is 10.2. The zero-order valence-corrected chi connectivity index (χ0v) is 16.9. The molecule has 2 rings (SSSR count). The summed E-state index contributed by atoms with van der Waals surface area (Å²) in [7, 11) is 1.80. The van der Waals surface area contributed by atoms with E-state index in [4.69, 9.17) is 10.5 Å². The third-order valence-electron chi connectivity index (χ3n) is 5.10. The lowest BCUT2D eigenvalue weighted by Gasteiger charge is -2.32. The summed E-state index contributed by atoms with van der Waals surface area (Å²) in [6.45, 7) is 6.09. The van der Waals surface area contributed by atoms with Crippen LogP contribution >= 0.6 is 0 Å². The number of carbonyl (C=O) groups is 1. The van der Waals surface area contributed by atoms with Crippen LogP contribution in [0, 0.1) is 11.3 Å². The third kappa shape index (κ3) is 7.12. The Morgan fingerprint density at radius 2 is 2.04 bits per heavy atom. The predicted octanol–water partition coefficient (Wildman–Crippen LogP) is 2.82. The molecule has 0 saturated heterocycles. The van der Waals surface area contributed by atoms with Crippen LogP contribution in [-0.2, 0) is 11.3 Å². The number of guanidine groups is 1. The minimum Gasteiger partial charge on any atom is -0.484 e. The number of aliphatic imine (C=N–C) groups is 1. The average molecular weight is 375 g/mol. The number of nitrogens with zero attached hydrogens (tertiary/aromatic N) is 1. The number of amides is 1. The number of carbonyl (C=O) groups excluding carboxylic acids is 1. The first-order chi connectivity index (χ1) is 12.9. The normalized spacial score (nSPS) is 16.4. The monoisotopic (exact) mass is 374 g/mol. The maximum atomic E-state index is 10.8. The van der Waals surface area contributed by atoms with Gasteiger partial charge in [0.1, 0.15) is 5.75 Å². The molecule has 0 atom stereocenters. The van der Waals surface area contributed by atoms with Gasteiger partial charge in [-0.2, -0.15) is 0 Å². The molecule has 1 aliphatic rings. The highest BCUT2D eigenvalue weighted by Gasteiger charge is 2.34. The summed E-state index contributed by atoms with van der Waals surface area (Å²) < 4.78 is 5.36. The van der Waals surface area contributed by atoms with Crippen molar-refractivity contribution in [2.24, 2.45) is 22.1 Å². The number of hydrogen-bond donors (Lipinski definition) is 3. The van der Waals surface area contributed by atoms with Crippen LogP contribution in [0.2, 0.25) is 0 Å². The van der Waals surface area contributed by atoms with E-state index in [9.17, 15) is 4.79 Å². The van der Waals surface area contributed by atoms with Gasteiger partial charge in [0, 0.05) is 20.1 Å². The van der Waals surface area contributed by atoms with Crippen molar-refractivity contribution in [3.8, 4) is 5.75 Å². The summed E-state index contributed by atoms with van der Waals surface area (Å²) in [6, 6.07) is 7.63. The van der Waals surface area contributed by atoms with Crippen LogP contribution in [0.5, 0.6) is 5.75 Å². The van der Waals surface area contributed by atoms with Crippen LogP contribution in [-0.4, -0.2) is 32.1 Å². The molecule has 1 aliphatic carbocycles. The predicted molar refractivity (Wildman–Crippen MR) is 110 cm³/mol. The van der Waals surface area contributed by atoms with Crippen molar-refractivity contribution < 1.29 is 9.53 Å². The number of benzene rings is 1. The van der Waals surface area contributed by atoms with Crippen LogP contribution in [0.4, 0.5) is 0 Å². The molecule has 0 spiro atoms. The molecule has 1 aromatic rings. The van der Waals surface area contributed by atoms with Crippen molar-refractivity contribution in [2.75, 3.05) is 20.2 Å². The van der Waals surface area contributed by atoms with Gasteiger partial charge in [0.15, 0.2) is 12.6 Å². The molecule has 6 nitrogen and oxygen atoms in total. The van der Waals surface area contributed by atoms with Gasteiger partial charge in [0.25, 0.3) is 5.91 Å². The van der Waals surface area contributed by atoms with Gasteiger partial charge >= 0.3 is 0 Å². The lowest BCUT2D eigenvalue weighted by atomic mass is 9.78. The van der Waals surface area contributed by atoms with Crippen molar-refractivity contribution in [1.29, 1.82) is 0 Å². The topological polar surface area (TPSA) is 88.7 Å². The van der Waals surface area contributed by atoms with Gasteiger partial charge in [-0.05, 0) is 48.3 Å². The van der Waals surface area contributed by atoms with Crippen LogP contribution < -0.4 is 21.1 Å².